The Bertz CT molecular complexity index is 873. The van der Waals surface area contributed by atoms with Crippen molar-refractivity contribution in [2.45, 2.75) is 30.7 Å². The van der Waals surface area contributed by atoms with Gasteiger partial charge in [0.2, 0.25) is 6.29 Å². The number of carbonyl (C=O) groups is 1. The molecular formula is C23H28O9. The van der Waals surface area contributed by atoms with E-state index >= 15 is 0 Å². The van der Waals surface area contributed by atoms with Crippen molar-refractivity contribution in [3.05, 3.63) is 54.1 Å². The predicted octanol–water partition coefficient (Wildman–Crippen LogP) is 2.06. The van der Waals surface area contributed by atoms with Crippen LogP contribution in [-0.4, -0.2) is 76.8 Å². The maximum atomic E-state index is 12.4. The highest BCUT2D eigenvalue weighted by molar-refractivity contribution is 5.89. The van der Waals surface area contributed by atoms with Crippen LogP contribution in [0.15, 0.2) is 48.5 Å². The lowest BCUT2D eigenvalue weighted by atomic mass is 9.98. The first-order valence-corrected chi connectivity index (χ1v) is 10.0. The maximum absolute atomic E-state index is 12.4. The number of esters is 1. The monoisotopic (exact) mass is 448 g/mol. The largest absolute Gasteiger partial charge is 0.497 e. The van der Waals surface area contributed by atoms with Crippen LogP contribution >= 0.6 is 0 Å². The zero-order valence-electron chi connectivity index (χ0n) is 18.4. The van der Waals surface area contributed by atoms with E-state index in [0.717, 1.165) is 0 Å². The van der Waals surface area contributed by atoms with Gasteiger partial charge in [-0.3, -0.25) is 0 Å². The van der Waals surface area contributed by atoms with Gasteiger partial charge in [-0.05, 0) is 24.3 Å². The topological polar surface area (TPSA) is 102 Å². The number of hydrogen-bond donors (Lipinski definition) is 1. The number of hydrogen-bond acceptors (Lipinski definition) is 9. The highest BCUT2D eigenvalue weighted by atomic mass is 16.7. The molecule has 0 amide bonds. The van der Waals surface area contributed by atoms with Gasteiger partial charge in [0.1, 0.15) is 36.8 Å². The first-order valence-electron chi connectivity index (χ1n) is 10.0. The Balaban J connectivity index is 1.76. The van der Waals surface area contributed by atoms with Gasteiger partial charge in [-0.1, -0.05) is 18.2 Å². The lowest BCUT2D eigenvalue weighted by Gasteiger charge is -2.42. The first-order chi connectivity index (χ1) is 15.5. The molecule has 0 spiro atoms. The number of rotatable bonds is 9. The van der Waals surface area contributed by atoms with E-state index in [0.29, 0.717) is 22.8 Å². The molecule has 1 N–H and O–H groups in total. The van der Waals surface area contributed by atoms with Crippen LogP contribution in [0.2, 0.25) is 0 Å². The number of ether oxygens (including phenoxy) is 7. The van der Waals surface area contributed by atoms with Crippen molar-refractivity contribution in [1.82, 2.24) is 0 Å². The lowest BCUT2D eigenvalue weighted by Crippen LogP contribution is -2.61. The van der Waals surface area contributed by atoms with Crippen LogP contribution in [0.3, 0.4) is 0 Å². The maximum Gasteiger partial charge on any atom is 0.338 e. The third kappa shape index (κ3) is 5.31. The van der Waals surface area contributed by atoms with E-state index in [1.54, 1.807) is 49.6 Å². The van der Waals surface area contributed by atoms with Crippen molar-refractivity contribution in [2.24, 2.45) is 0 Å². The standard InChI is InChI=1S/C23H28O9/c1-26-15-10-11-16(17(12-15)27-2)31-23-19(24)21(29-4)20(28-3)18(32-23)13-30-22(25)14-8-6-5-7-9-14/h5-12,18-21,23-24H,13H2,1-4H3/t18-,19-,20-,21+,23-/m1/s1. The Labute approximate surface area is 186 Å². The Hall–Kier alpha value is -2.85. The van der Waals surface area contributed by atoms with Crippen LogP contribution in [0.4, 0.5) is 0 Å². The molecule has 2 aromatic rings. The number of methoxy groups -OCH3 is 4. The molecule has 2 aromatic carbocycles. The van der Waals surface area contributed by atoms with Crippen LogP contribution in [0, 0.1) is 0 Å². The fourth-order valence-electron chi connectivity index (χ4n) is 3.49. The normalized spacial score (nSPS) is 25.1. The average Bonchev–Trinajstić information content (AvgIpc) is 2.84. The molecule has 9 nitrogen and oxygen atoms in total. The fourth-order valence-corrected chi connectivity index (χ4v) is 3.49. The van der Waals surface area contributed by atoms with Gasteiger partial charge in [0.05, 0.1) is 19.8 Å². The van der Waals surface area contributed by atoms with Gasteiger partial charge in [-0.15, -0.1) is 0 Å². The molecule has 1 heterocycles. The number of benzene rings is 2. The summed E-state index contributed by atoms with van der Waals surface area (Å²) in [4.78, 5) is 12.4. The van der Waals surface area contributed by atoms with Crippen LogP contribution < -0.4 is 14.2 Å². The minimum absolute atomic E-state index is 0.127. The van der Waals surface area contributed by atoms with E-state index in [2.05, 4.69) is 0 Å². The second-order valence-corrected chi connectivity index (χ2v) is 7.03. The van der Waals surface area contributed by atoms with E-state index in [4.69, 9.17) is 33.2 Å². The smallest absolute Gasteiger partial charge is 0.338 e. The van der Waals surface area contributed by atoms with E-state index < -0.39 is 36.7 Å². The lowest BCUT2D eigenvalue weighted by molar-refractivity contribution is -0.286. The Kier molecular flexibility index (Phi) is 8.29. The van der Waals surface area contributed by atoms with Crippen molar-refractivity contribution < 1.29 is 43.1 Å². The molecule has 174 valence electrons. The zero-order chi connectivity index (χ0) is 23.1. The second kappa shape index (κ2) is 11.1. The summed E-state index contributed by atoms with van der Waals surface area (Å²) in [5, 5.41) is 10.8. The molecule has 1 fully saturated rings. The summed E-state index contributed by atoms with van der Waals surface area (Å²) in [6, 6.07) is 13.6. The quantitative estimate of drug-likeness (QED) is 0.578. The summed E-state index contributed by atoms with van der Waals surface area (Å²) >= 11 is 0. The van der Waals surface area contributed by atoms with Crippen molar-refractivity contribution in [3.8, 4) is 17.2 Å². The van der Waals surface area contributed by atoms with Gasteiger partial charge in [0.15, 0.2) is 11.5 Å². The molecule has 0 aromatic heterocycles. The molecule has 1 aliphatic rings. The van der Waals surface area contributed by atoms with Crippen LogP contribution in [0.25, 0.3) is 0 Å². The molecule has 0 saturated carbocycles. The third-order valence-electron chi connectivity index (χ3n) is 5.16. The SMILES string of the molecule is COc1ccc(O[C@@H]2O[C@H](COC(=O)c3ccccc3)[C@@H](OC)[C@@H](OC)[C@H]2O)c(OC)c1. The van der Waals surface area contributed by atoms with Gasteiger partial charge in [-0.25, -0.2) is 4.79 Å². The minimum atomic E-state index is -1.18. The fraction of sp³-hybridized carbons (Fsp3) is 0.435. The summed E-state index contributed by atoms with van der Waals surface area (Å²) < 4.78 is 38.8. The highest BCUT2D eigenvalue weighted by Crippen LogP contribution is 2.34. The third-order valence-corrected chi connectivity index (χ3v) is 5.16. The number of aliphatic hydroxyl groups is 1. The molecule has 1 saturated heterocycles. The van der Waals surface area contributed by atoms with Gasteiger partial charge >= 0.3 is 5.97 Å². The molecule has 5 atom stereocenters. The summed E-state index contributed by atoms with van der Waals surface area (Å²) in [5.41, 5.74) is 0.413. The molecule has 3 rings (SSSR count). The van der Waals surface area contributed by atoms with Crippen molar-refractivity contribution >= 4 is 5.97 Å². The predicted molar refractivity (Wildman–Crippen MR) is 113 cm³/mol. The number of carbonyl (C=O) groups excluding carboxylic acids is 1. The van der Waals surface area contributed by atoms with E-state index in [1.165, 1.54) is 21.3 Å². The van der Waals surface area contributed by atoms with Crippen molar-refractivity contribution in [2.75, 3.05) is 35.0 Å². The van der Waals surface area contributed by atoms with E-state index in [1.807, 2.05) is 6.07 Å². The summed E-state index contributed by atoms with van der Waals surface area (Å²) in [5.74, 6) is 0.816. The van der Waals surface area contributed by atoms with Crippen molar-refractivity contribution in [3.63, 3.8) is 0 Å². The summed E-state index contributed by atoms with van der Waals surface area (Å²) in [6.45, 7) is -0.127. The first kappa shape index (κ1) is 23.8. The average molecular weight is 448 g/mol. The molecule has 32 heavy (non-hydrogen) atoms. The Morgan fingerprint density at radius 1 is 0.938 bits per heavy atom. The van der Waals surface area contributed by atoms with E-state index in [9.17, 15) is 9.90 Å². The molecule has 1 aliphatic heterocycles. The van der Waals surface area contributed by atoms with Crippen LogP contribution in [0.1, 0.15) is 10.4 Å². The molecule has 0 aliphatic carbocycles. The van der Waals surface area contributed by atoms with Crippen molar-refractivity contribution in [1.29, 1.82) is 0 Å². The summed E-state index contributed by atoms with van der Waals surface area (Å²) in [6.07, 6.45) is -4.55. The molecule has 0 unspecified atom stereocenters. The minimum Gasteiger partial charge on any atom is -0.497 e. The van der Waals surface area contributed by atoms with Gasteiger partial charge in [0.25, 0.3) is 0 Å². The Morgan fingerprint density at radius 3 is 2.28 bits per heavy atom. The molecular weight excluding hydrogens is 420 g/mol. The number of aliphatic hydroxyl groups excluding tert-OH is 1. The van der Waals surface area contributed by atoms with E-state index in [-0.39, 0.29) is 6.61 Å². The molecule has 0 bridgehead atoms. The zero-order valence-corrected chi connectivity index (χ0v) is 18.4. The van der Waals surface area contributed by atoms with Gasteiger partial charge in [0, 0.05) is 20.3 Å². The van der Waals surface area contributed by atoms with Crippen LogP contribution in [0.5, 0.6) is 17.2 Å². The van der Waals surface area contributed by atoms with Gasteiger partial charge < -0.3 is 38.3 Å². The van der Waals surface area contributed by atoms with Crippen LogP contribution in [-0.2, 0) is 18.9 Å². The second-order valence-electron chi connectivity index (χ2n) is 7.03. The molecule has 9 heteroatoms. The summed E-state index contributed by atoms with van der Waals surface area (Å²) in [7, 11) is 5.94. The molecule has 0 radical (unpaired) electrons. The highest BCUT2D eigenvalue weighted by Gasteiger charge is 2.48. The Morgan fingerprint density at radius 2 is 1.66 bits per heavy atom. The van der Waals surface area contributed by atoms with Gasteiger partial charge in [-0.2, -0.15) is 0 Å².